The molecule has 3 aromatic rings. The Balaban J connectivity index is 1.57. The van der Waals surface area contributed by atoms with E-state index in [2.05, 4.69) is 40.7 Å². The van der Waals surface area contributed by atoms with E-state index in [1.807, 2.05) is 0 Å². The summed E-state index contributed by atoms with van der Waals surface area (Å²) in [7, 11) is 0. The molecule has 1 fully saturated rings. The summed E-state index contributed by atoms with van der Waals surface area (Å²) in [4.78, 5) is 14.9. The van der Waals surface area contributed by atoms with E-state index >= 15 is 0 Å². The molecule has 0 atom stereocenters. The number of carbonyl (C=O) groups excluding carboxylic acids is 1. The van der Waals surface area contributed by atoms with Crippen LogP contribution >= 0.6 is 0 Å². The molecule has 12 nitrogen and oxygen atoms in total. The fourth-order valence-corrected chi connectivity index (χ4v) is 3.10. The van der Waals surface area contributed by atoms with E-state index in [1.165, 1.54) is 17.0 Å². The van der Waals surface area contributed by atoms with Crippen LogP contribution in [0.25, 0.3) is 5.82 Å². The zero-order chi connectivity index (χ0) is 20.2. The molecule has 0 bridgehead atoms. The van der Waals surface area contributed by atoms with Gasteiger partial charge in [0.1, 0.15) is 5.75 Å². The first-order valence-corrected chi connectivity index (χ1v) is 8.99. The van der Waals surface area contributed by atoms with Crippen LogP contribution in [0.2, 0.25) is 0 Å². The predicted octanol–water partition coefficient (Wildman–Crippen LogP) is 0.298. The number of carbonyl (C=O) groups is 1. The third-order valence-corrected chi connectivity index (χ3v) is 4.50. The summed E-state index contributed by atoms with van der Waals surface area (Å²) in [5.74, 6) is -0.202. The number of hydrogen-bond donors (Lipinski definition) is 3. The number of hydrazone groups is 1. The van der Waals surface area contributed by atoms with Crippen molar-refractivity contribution in [3.05, 3.63) is 41.2 Å². The lowest BCUT2D eigenvalue weighted by Crippen LogP contribution is -2.25. The molecule has 29 heavy (non-hydrogen) atoms. The molecular weight excluding hydrogens is 378 g/mol. The highest BCUT2D eigenvalue weighted by Crippen LogP contribution is 2.19. The second kappa shape index (κ2) is 8.06. The molecule has 0 spiro atoms. The predicted molar refractivity (Wildman–Crippen MR) is 101 cm³/mol. The first kappa shape index (κ1) is 18.6. The number of anilines is 1. The quantitative estimate of drug-likeness (QED) is 0.392. The standard InChI is InChI=1S/C17H19N9O3/c18-15-16(23-29-22-15)26-13(10-25-6-1-2-7-25)14(20-24-26)17(28)21-19-9-11-4-3-5-12(27)8-11/h3-5,8-9,27H,1-2,6-7,10H2,(H2,18,22)(H,21,28). The maximum absolute atomic E-state index is 12.7. The summed E-state index contributed by atoms with van der Waals surface area (Å²) in [6.07, 6.45) is 3.59. The minimum absolute atomic E-state index is 0.0476. The van der Waals surface area contributed by atoms with Gasteiger partial charge in [-0.3, -0.25) is 9.69 Å². The van der Waals surface area contributed by atoms with Crippen molar-refractivity contribution in [3.8, 4) is 11.6 Å². The van der Waals surface area contributed by atoms with Gasteiger partial charge in [0, 0.05) is 6.54 Å². The van der Waals surface area contributed by atoms with Gasteiger partial charge in [0.15, 0.2) is 5.69 Å². The van der Waals surface area contributed by atoms with E-state index < -0.39 is 5.91 Å². The summed E-state index contributed by atoms with van der Waals surface area (Å²) in [5.41, 5.74) is 9.46. The van der Waals surface area contributed by atoms with Crippen LogP contribution in [-0.4, -0.2) is 60.5 Å². The van der Waals surface area contributed by atoms with Crippen LogP contribution in [0.1, 0.15) is 34.6 Å². The van der Waals surface area contributed by atoms with E-state index in [9.17, 15) is 9.90 Å². The van der Waals surface area contributed by atoms with Crippen LogP contribution in [0.4, 0.5) is 5.82 Å². The van der Waals surface area contributed by atoms with Gasteiger partial charge in [-0.15, -0.1) is 5.10 Å². The molecule has 4 rings (SSSR count). The first-order valence-electron chi connectivity index (χ1n) is 8.99. The number of aromatic nitrogens is 5. The van der Waals surface area contributed by atoms with Crippen molar-refractivity contribution >= 4 is 17.9 Å². The highest BCUT2D eigenvalue weighted by Gasteiger charge is 2.26. The van der Waals surface area contributed by atoms with E-state index in [-0.39, 0.29) is 23.1 Å². The molecule has 12 heteroatoms. The minimum atomic E-state index is -0.531. The zero-order valence-corrected chi connectivity index (χ0v) is 15.4. The molecule has 0 unspecified atom stereocenters. The first-order chi connectivity index (χ1) is 14.1. The van der Waals surface area contributed by atoms with Gasteiger partial charge in [0.2, 0.25) is 11.6 Å². The molecule has 1 amide bonds. The molecule has 1 saturated heterocycles. The van der Waals surface area contributed by atoms with Crippen molar-refractivity contribution in [1.82, 2.24) is 35.6 Å². The van der Waals surface area contributed by atoms with Gasteiger partial charge >= 0.3 is 0 Å². The number of nitrogens with one attached hydrogen (secondary N) is 1. The SMILES string of the molecule is Nc1nonc1-n1nnc(C(=O)NN=Cc2cccc(O)c2)c1CN1CCCC1. The fraction of sp³-hybridized carbons (Fsp3) is 0.294. The molecule has 1 aliphatic rings. The van der Waals surface area contributed by atoms with E-state index in [4.69, 9.17) is 5.73 Å². The minimum Gasteiger partial charge on any atom is -0.508 e. The number of nitrogens with two attached hydrogens (primary N) is 1. The van der Waals surface area contributed by atoms with E-state index in [1.54, 1.807) is 18.2 Å². The average molecular weight is 397 g/mol. The van der Waals surface area contributed by atoms with Crippen molar-refractivity contribution < 1.29 is 14.5 Å². The van der Waals surface area contributed by atoms with Gasteiger partial charge in [-0.1, -0.05) is 17.3 Å². The molecule has 0 radical (unpaired) electrons. The average Bonchev–Trinajstić information content (AvgIpc) is 3.44. The number of rotatable bonds is 6. The summed E-state index contributed by atoms with van der Waals surface area (Å²) < 4.78 is 6.01. The molecular formula is C17H19N9O3. The van der Waals surface area contributed by atoms with Crippen LogP contribution in [0.3, 0.4) is 0 Å². The molecule has 2 aromatic heterocycles. The number of nitrogen functional groups attached to an aromatic ring is 1. The van der Waals surface area contributed by atoms with Gasteiger partial charge in [-0.05, 0) is 53.9 Å². The second-order valence-corrected chi connectivity index (χ2v) is 6.55. The molecule has 4 N–H and O–H groups in total. The van der Waals surface area contributed by atoms with E-state index in [0.29, 0.717) is 17.8 Å². The smallest absolute Gasteiger partial charge is 0.293 e. The van der Waals surface area contributed by atoms with Crippen LogP contribution in [0, 0.1) is 0 Å². The third kappa shape index (κ3) is 4.06. The maximum Gasteiger partial charge on any atom is 0.293 e. The third-order valence-electron chi connectivity index (χ3n) is 4.50. The summed E-state index contributed by atoms with van der Waals surface area (Å²) in [6.45, 7) is 2.27. The van der Waals surface area contributed by atoms with Gasteiger partial charge in [-0.2, -0.15) is 9.78 Å². The van der Waals surface area contributed by atoms with Crippen molar-refractivity contribution in [1.29, 1.82) is 0 Å². The highest BCUT2D eigenvalue weighted by molar-refractivity contribution is 5.94. The number of benzene rings is 1. The number of phenols is 1. The van der Waals surface area contributed by atoms with E-state index in [0.717, 1.165) is 25.9 Å². The Kier molecular flexibility index (Phi) is 5.16. The van der Waals surface area contributed by atoms with Gasteiger partial charge < -0.3 is 10.8 Å². The topological polar surface area (TPSA) is 161 Å². The van der Waals surface area contributed by atoms with Crippen molar-refractivity contribution in [2.24, 2.45) is 5.10 Å². The normalized spacial score (nSPS) is 14.6. The Morgan fingerprint density at radius 3 is 2.90 bits per heavy atom. The summed E-state index contributed by atoms with van der Waals surface area (Å²) >= 11 is 0. The number of aromatic hydroxyl groups is 1. The number of hydrogen-bond acceptors (Lipinski definition) is 10. The molecule has 150 valence electrons. The van der Waals surface area contributed by atoms with Gasteiger partial charge in [-0.25, -0.2) is 10.1 Å². The van der Waals surface area contributed by atoms with Crippen LogP contribution in [0.5, 0.6) is 5.75 Å². The van der Waals surface area contributed by atoms with Gasteiger partial charge in [0.25, 0.3) is 5.91 Å². The van der Waals surface area contributed by atoms with Crippen molar-refractivity contribution in [2.45, 2.75) is 19.4 Å². The lowest BCUT2D eigenvalue weighted by atomic mass is 10.2. The molecule has 1 aromatic carbocycles. The summed E-state index contributed by atoms with van der Waals surface area (Å²) in [6, 6.07) is 6.48. The molecule has 3 heterocycles. The number of amides is 1. The number of likely N-dealkylation sites (tertiary alicyclic amines) is 1. The molecule has 1 aliphatic heterocycles. The second-order valence-electron chi connectivity index (χ2n) is 6.55. The Hall–Kier alpha value is -3.80. The highest BCUT2D eigenvalue weighted by atomic mass is 16.6. The fourth-order valence-electron chi connectivity index (χ4n) is 3.10. The van der Waals surface area contributed by atoms with Gasteiger partial charge in [0.05, 0.1) is 11.9 Å². The Bertz CT molecular complexity index is 1040. The Morgan fingerprint density at radius 1 is 1.34 bits per heavy atom. The lowest BCUT2D eigenvalue weighted by Gasteiger charge is -2.15. The lowest BCUT2D eigenvalue weighted by molar-refractivity contribution is 0.0948. The van der Waals surface area contributed by atoms with Crippen LogP contribution in [0.15, 0.2) is 34.0 Å². The maximum atomic E-state index is 12.7. The molecule has 0 saturated carbocycles. The number of phenolic OH excluding ortho intramolecular Hbond substituents is 1. The summed E-state index contributed by atoms with van der Waals surface area (Å²) in [5, 5.41) is 28.7. The Labute approximate surface area is 164 Å². The largest absolute Gasteiger partial charge is 0.508 e. The van der Waals surface area contributed by atoms with Crippen molar-refractivity contribution in [2.75, 3.05) is 18.8 Å². The van der Waals surface area contributed by atoms with Crippen LogP contribution < -0.4 is 11.2 Å². The molecule has 0 aliphatic carbocycles. The Morgan fingerprint density at radius 2 is 2.17 bits per heavy atom. The number of nitrogens with zero attached hydrogens (tertiary/aromatic N) is 7. The zero-order valence-electron chi connectivity index (χ0n) is 15.4. The van der Waals surface area contributed by atoms with Crippen LogP contribution in [-0.2, 0) is 6.54 Å². The monoisotopic (exact) mass is 397 g/mol. The van der Waals surface area contributed by atoms with Crippen molar-refractivity contribution in [3.63, 3.8) is 0 Å².